The summed E-state index contributed by atoms with van der Waals surface area (Å²) in [6, 6.07) is 17.7. The van der Waals surface area contributed by atoms with Gasteiger partial charge in [0.2, 0.25) is 10.0 Å². The maximum atomic E-state index is 13.1. The second kappa shape index (κ2) is 6.94. The quantitative estimate of drug-likeness (QED) is 0.698. The van der Waals surface area contributed by atoms with Crippen LogP contribution < -0.4 is 4.90 Å². The molecule has 0 radical (unpaired) electrons. The summed E-state index contributed by atoms with van der Waals surface area (Å²) >= 11 is 0. The van der Waals surface area contributed by atoms with Crippen molar-refractivity contribution in [3.05, 3.63) is 65.7 Å². The van der Waals surface area contributed by atoms with E-state index in [2.05, 4.69) is 11.0 Å². The van der Waals surface area contributed by atoms with Gasteiger partial charge in [-0.2, -0.15) is 4.31 Å². The van der Waals surface area contributed by atoms with Crippen LogP contribution in [-0.2, 0) is 10.0 Å². The molecule has 4 rings (SSSR count). The van der Waals surface area contributed by atoms with Crippen LogP contribution in [-0.4, -0.2) is 43.9 Å². The minimum Gasteiger partial charge on any atom is -0.354 e. The van der Waals surface area contributed by atoms with E-state index >= 15 is 0 Å². The van der Waals surface area contributed by atoms with E-state index in [1.807, 2.05) is 56.3 Å². The average molecular weight is 382 g/mol. The Kier molecular flexibility index (Phi) is 4.61. The highest BCUT2D eigenvalue weighted by Crippen LogP contribution is 2.24. The number of hydrogen-bond acceptors (Lipinski definition) is 4. The van der Waals surface area contributed by atoms with Gasteiger partial charge in [-0.15, -0.1) is 0 Å². The lowest BCUT2D eigenvalue weighted by Gasteiger charge is -2.35. The third-order valence-corrected chi connectivity index (χ3v) is 7.15. The molecular weight excluding hydrogens is 358 g/mol. The van der Waals surface area contributed by atoms with Crippen molar-refractivity contribution in [2.24, 2.45) is 0 Å². The van der Waals surface area contributed by atoms with Crippen molar-refractivity contribution in [1.82, 2.24) is 9.29 Å². The zero-order valence-electron chi connectivity index (χ0n) is 15.6. The molecule has 5 nitrogen and oxygen atoms in total. The Bertz CT molecular complexity index is 1090. The standard InChI is InChI=1S/C21H23N3O2S/c1-16-7-8-17(2)20(15-16)27(25,26)24-13-11-23(12-14-24)21-10-9-18-5-3-4-6-19(18)22-21/h3-10,15H,11-14H2,1-2H3. The van der Waals surface area contributed by atoms with E-state index in [9.17, 15) is 8.42 Å². The summed E-state index contributed by atoms with van der Waals surface area (Å²) in [4.78, 5) is 7.30. The van der Waals surface area contributed by atoms with Crippen molar-refractivity contribution < 1.29 is 8.42 Å². The predicted molar refractivity (Wildman–Crippen MR) is 109 cm³/mol. The van der Waals surface area contributed by atoms with Gasteiger partial charge in [-0.1, -0.05) is 30.3 Å². The Hall–Kier alpha value is -2.44. The molecule has 2 aromatic carbocycles. The first-order valence-corrected chi connectivity index (χ1v) is 10.6. The molecule has 6 heteroatoms. The smallest absolute Gasteiger partial charge is 0.243 e. The van der Waals surface area contributed by atoms with Crippen LogP contribution in [0.5, 0.6) is 0 Å². The van der Waals surface area contributed by atoms with Crippen LogP contribution in [0.1, 0.15) is 11.1 Å². The number of sulfonamides is 1. The van der Waals surface area contributed by atoms with Crippen molar-refractivity contribution in [3.8, 4) is 0 Å². The molecule has 2 heterocycles. The molecular formula is C21H23N3O2S. The number of piperazine rings is 1. The van der Waals surface area contributed by atoms with E-state index in [-0.39, 0.29) is 0 Å². The van der Waals surface area contributed by atoms with Crippen LogP contribution >= 0.6 is 0 Å². The van der Waals surface area contributed by atoms with Crippen LogP contribution in [0.25, 0.3) is 10.9 Å². The van der Waals surface area contributed by atoms with Gasteiger partial charge >= 0.3 is 0 Å². The van der Waals surface area contributed by atoms with Gasteiger partial charge in [0.1, 0.15) is 5.82 Å². The summed E-state index contributed by atoms with van der Waals surface area (Å²) in [5.41, 5.74) is 2.71. The van der Waals surface area contributed by atoms with Gasteiger partial charge in [0.05, 0.1) is 10.4 Å². The molecule has 1 aliphatic heterocycles. The highest BCUT2D eigenvalue weighted by atomic mass is 32.2. The number of pyridine rings is 1. The lowest BCUT2D eigenvalue weighted by atomic mass is 10.2. The van der Waals surface area contributed by atoms with E-state index in [0.29, 0.717) is 31.1 Å². The van der Waals surface area contributed by atoms with Gasteiger partial charge in [0.15, 0.2) is 0 Å². The topological polar surface area (TPSA) is 53.5 Å². The molecule has 27 heavy (non-hydrogen) atoms. The summed E-state index contributed by atoms with van der Waals surface area (Å²) in [5, 5.41) is 1.11. The largest absolute Gasteiger partial charge is 0.354 e. The van der Waals surface area contributed by atoms with Crippen LogP contribution in [0.3, 0.4) is 0 Å². The molecule has 0 saturated carbocycles. The summed E-state index contributed by atoms with van der Waals surface area (Å²) < 4.78 is 27.7. The van der Waals surface area contributed by atoms with Crippen LogP contribution in [0.4, 0.5) is 5.82 Å². The van der Waals surface area contributed by atoms with Crippen LogP contribution in [0, 0.1) is 13.8 Å². The Labute approximate surface area is 160 Å². The first-order chi connectivity index (χ1) is 12.9. The van der Waals surface area contributed by atoms with E-state index in [0.717, 1.165) is 27.8 Å². The molecule has 1 aliphatic rings. The number of para-hydroxylation sites is 1. The minimum atomic E-state index is -3.47. The molecule has 3 aromatic rings. The monoisotopic (exact) mass is 381 g/mol. The lowest BCUT2D eigenvalue weighted by molar-refractivity contribution is 0.383. The zero-order valence-corrected chi connectivity index (χ0v) is 16.4. The molecule has 0 unspecified atom stereocenters. The second-order valence-corrected chi connectivity index (χ2v) is 8.93. The maximum absolute atomic E-state index is 13.1. The molecule has 0 spiro atoms. The Morgan fingerprint density at radius 1 is 0.889 bits per heavy atom. The summed E-state index contributed by atoms with van der Waals surface area (Å²) in [6.07, 6.45) is 0. The van der Waals surface area contributed by atoms with Gasteiger partial charge in [-0.3, -0.25) is 0 Å². The van der Waals surface area contributed by atoms with Gasteiger partial charge in [0.25, 0.3) is 0 Å². The number of fused-ring (bicyclic) bond motifs is 1. The third kappa shape index (κ3) is 3.42. The Morgan fingerprint density at radius 2 is 1.63 bits per heavy atom. The number of nitrogens with zero attached hydrogens (tertiary/aromatic N) is 3. The SMILES string of the molecule is Cc1ccc(C)c(S(=O)(=O)N2CCN(c3ccc4ccccc4n3)CC2)c1. The molecule has 140 valence electrons. The lowest BCUT2D eigenvalue weighted by Crippen LogP contribution is -2.49. The summed E-state index contributed by atoms with van der Waals surface area (Å²) in [7, 11) is -3.47. The average Bonchev–Trinajstić information content (AvgIpc) is 2.69. The first kappa shape index (κ1) is 17.9. The molecule has 0 bridgehead atoms. The van der Waals surface area contributed by atoms with Crippen molar-refractivity contribution in [2.45, 2.75) is 18.7 Å². The van der Waals surface area contributed by atoms with E-state index in [1.54, 1.807) is 10.4 Å². The van der Waals surface area contributed by atoms with Crippen molar-refractivity contribution >= 4 is 26.7 Å². The molecule has 0 N–H and O–H groups in total. The number of anilines is 1. The normalized spacial score (nSPS) is 16.0. The first-order valence-electron chi connectivity index (χ1n) is 9.13. The number of hydrogen-bond donors (Lipinski definition) is 0. The van der Waals surface area contributed by atoms with E-state index < -0.39 is 10.0 Å². The highest BCUT2D eigenvalue weighted by Gasteiger charge is 2.30. The van der Waals surface area contributed by atoms with Gasteiger partial charge in [0, 0.05) is 31.6 Å². The van der Waals surface area contributed by atoms with Gasteiger partial charge < -0.3 is 4.90 Å². The Morgan fingerprint density at radius 3 is 2.41 bits per heavy atom. The second-order valence-electron chi connectivity index (χ2n) is 7.02. The fourth-order valence-electron chi connectivity index (χ4n) is 3.51. The molecule has 1 aromatic heterocycles. The number of aryl methyl sites for hydroxylation is 2. The van der Waals surface area contributed by atoms with Crippen molar-refractivity contribution in [3.63, 3.8) is 0 Å². The zero-order chi connectivity index (χ0) is 19.0. The Balaban J connectivity index is 1.53. The molecule has 1 fully saturated rings. The van der Waals surface area contributed by atoms with Crippen molar-refractivity contribution in [1.29, 1.82) is 0 Å². The fourth-order valence-corrected chi connectivity index (χ4v) is 5.25. The molecule has 0 aliphatic carbocycles. The molecule has 0 atom stereocenters. The van der Waals surface area contributed by atoms with Crippen molar-refractivity contribution in [2.75, 3.05) is 31.1 Å². The molecule has 0 amide bonds. The number of benzene rings is 2. The fraction of sp³-hybridized carbons (Fsp3) is 0.286. The van der Waals surface area contributed by atoms with Gasteiger partial charge in [-0.05, 0) is 49.2 Å². The summed E-state index contributed by atoms with van der Waals surface area (Å²) in [5.74, 6) is 0.900. The van der Waals surface area contributed by atoms with E-state index in [1.165, 1.54) is 0 Å². The highest BCUT2D eigenvalue weighted by molar-refractivity contribution is 7.89. The predicted octanol–water partition coefficient (Wildman–Crippen LogP) is 3.36. The minimum absolute atomic E-state index is 0.416. The van der Waals surface area contributed by atoms with E-state index in [4.69, 9.17) is 4.98 Å². The van der Waals surface area contributed by atoms with Gasteiger partial charge in [-0.25, -0.2) is 13.4 Å². The summed E-state index contributed by atoms with van der Waals surface area (Å²) in [6.45, 7) is 5.96. The van der Waals surface area contributed by atoms with Crippen LogP contribution in [0.15, 0.2) is 59.5 Å². The maximum Gasteiger partial charge on any atom is 0.243 e. The van der Waals surface area contributed by atoms with Crippen LogP contribution in [0.2, 0.25) is 0 Å². The third-order valence-electron chi connectivity index (χ3n) is 5.11. The number of aromatic nitrogens is 1. The number of rotatable bonds is 3. The molecule has 1 saturated heterocycles.